The Balaban J connectivity index is 1.43. The summed E-state index contributed by atoms with van der Waals surface area (Å²) in [6.45, 7) is 0.980. The summed E-state index contributed by atoms with van der Waals surface area (Å²) in [6, 6.07) is 16.2. The summed E-state index contributed by atoms with van der Waals surface area (Å²) < 4.78 is 26.8. The van der Waals surface area contributed by atoms with Gasteiger partial charge in [0.15, 0.2) is 35.7 Å². The maximum Gasteiger partial charge on any atom is 0.235 e. The van der Waals surface area contributed by atoms with Crippen molar-refractivity contribution in [1.29, 1.82) is 0 Å². The van der Waals surface area contributed by atoms with Gasteiger partial charge in [-0.2, -0.15) is 4.57 Å². The highest BCUT2D eigenvalue weighted by Crippen LogP contribution is 2.44. The van der Waals surface area contributed by atoms with Gasteiger partial charge in [-0.05, 0) is 54.1 Å². The lowest BCUT2D eigenvalue weighted by atomic mass is 9.89. The van der Waals surface area contributed by atoms with E-state index in [1.54, 1.807) is 18.8 Å². The van der Waals surface area contributed by atoms with Crippen molar-refractivity contribution in [2.24, 2.45) is 0 Å². The molecule has 8 heteroatoms. The summed E-state index contributed by atoms with van der Waals surface area (Å²) in [6.07, 6.45) is 5.02. The number of anilines is 1. The molecule has 2 aliphatic heterocycles. The molecule has 0 saturated carbocycles. The Bertz CT molecular complexity index is 1840. The van der Waals surface area contributed by atoms with Crippen LogP contribution in [0.1, 0.15) is 15.9 Å². The zero-order chi connectivity index (χ0) is 27.5. The van der Waals surface area contributed by atoms with Crippen LogP contribution in [0.25, 0.3) is 32.9 Å². The Morgan fingerprint density at radius 2 is 1.82 bits per heavy atom. The smallest absolute Gasteiger partial charge is 0.235 e. The molecule has 5 aromatic rings. The number of nitrogens with zero attached hydrogens (tertiary/aromatic N) is 3. The lowest BCUT2D eigenvalue weighted by molar-refractivity contribution is -0.686. The SMILES string of the molecule is COc1ccc2c(CC(=O)n3ccc4cc(N(C)C)ccc43)c3[n+](cc2c1OC)CCc1cc2c(cc1-3)OCO2. The van der Waals surface area contributed by atoms with Gasteiger partial charge in [-0.15, -0.1) is 0 Å². The van der Waals surface area contributed by atoms with Crippen LogP contribution in [0.4, 0.5) is 5.69 Å². The fraction of sp³-hybridized carbons (Fsp3) is 0.250. The van der Waals surface area contributed by atoms with Crippen molar-refractivity contribution < 1.29 is 28.3 Å². The average molecular weight is 537 g/mol. The lowest BCUT2D eigenvalue weighted by Gasteiger charge is -2.21. The predicted molar refractivity (Wildman–Crippen MR) is 153 cm³/mol. The van der Waals surface area contributed by atoms with Crippen molar-refractivity contribution in [2.45, 2.75) is 19.4 Å². The van der Waals surface area contributed by atoms with E-state index in [2.05, 4.69) is 33.9 Å². The minimum Gasteiger partial charge on any atom is -0.493 e. The van der Waals surface area contributed by atoms with Crippen LogP contribution in [-0.4, -0.2) is 45.6 Å². The fourth-order valence-electron chi connectivity index (χ4n) is 6.05. The number of aromatic nitrogens is 2. The first-order valence-corrected chi connectivity index (χ1v) is 13.3. The summed E-state index contributed by atoms with van der Waals surface area (Å²) in [5.74, 6) is 2.80. The molecule has 0 saturated heterocycles. The molecule has 0 radical (unpaired) electrons. The van der Waals surface area contributed by atoms with Crippen LogP contribution in [0.2, 0.25) is 0 Å². The van der Waals surface area contributed by atoms with E-state index in [1.807, 2.05) is 50.6 Å². The number of hydrogen-bond donors (Lipinski definition) is 0. The van der Waals surface area contributed by atoms with Crippen LogP contribution >= 0.6 is 0 Å². The Hall–Kier alpha value is -4.72. The van der Waals surface area contributed by atoms with Crippen molar-refractivity contribution in [1.82, 2.24) is 4.57 Å². The Labute approximate surface area is 231 Å². The van der Waals surface area contributed by atoms with Gasteiger partial charge in [0, 0.05) is 48.7 Å². The molecule has 0 spiro atoms. The van der Waals surface area contributed by atoms with Gasteiger partial charge in [0.1, 0.15) is 0 Å². The predicted octanol–water partition coefficient (Wildman–Crippen LogP) is 5.00. The molecule has 2 aliphatic rings. The molecule has 202 valence electrons. The zero-order valence-electron chi connectivity index (χ0n) is 23.0. The van der Waals surface area contributed by atoms with Gasteiger partial charge < -0.3 is 23.8 Å². The summed E-state index contributed by atoms with van der Waals surface area (Å²) >= 11 is 0. The number of benzene rings is 3. The fourth-order valence-corrected chi connectivity index (χ4v) is 6.05. The topological polar surface area (TPSA) is 66.0 Å². The standard InChI is InChI=1S/C32H30N3O5/c1-33(2)21-5-7-26-20(13-21)10-12-35(26)30(36)16-24-22-6-8-27(37-3)32(38-4)25(22)17-34-11-9-19-14-28-29(40-18-39-28)15-23(19)31(24)34/h5-8,10,12-15,17H,9,11,16,18H2,1-4H3/q+1. The van der Waals surface area contributed by atoms with E-state index >= 15 is 0 Å². The van der Waals surface area contributed by atoms with Crippen molar-refractivity contribution >= 4 is 33.3 Å². The number of ether oxygens (including phenoxy) is 4. The highest BCUT2D eigenvalue weighted by atomic mass is 16.7. The first kappa shape index (κ1) is 24.3. The minimum atomic E-state index is -0.00875. The first-order valence-electron chi connectivity index (χ1n) is 13.3. The number of methoxy groups -OCH3 is 2. The van der Waals surface area contributed by atoms with Gasteiger partial charge >= 0.3 is 0 Å². The number of rotatable bonds is 5. The van der Waals surface area contributed by atoms with Gasteiger partial charge in [-0.1, -0.05) is 0 Å². The largest absolute Gasteiger partial charge is 0.493 e. The molecule has 4 heterocycles. The van der Waals surface area contributed by atoms with Crippen LogP contribution < -0.4 is 28.4 Å². The van der Waals surface area contributed by atoms with E-state index in [0.717, 1.165) is 68.6 Å². The van der Waals surface area contributed by atoms with E-state index in [0.29, 0.717) is 11.5 Å². The van der Waals surface area contributed by atoms with Crippen molar-refractivity contribution in [3.8, 4) is 34.3 Å². The normalized spacial score (nSPS) is 13.3. The number of hydrogen-bond acceptors (Lipinski definition) is 6. The van der Waals surface area contributed by atoms with E-state index in [1.165, 1.54) is 5.56 Å². The third-order valence-electron chi connectivity index (χ3n) is 8.03. The second-order valence-electron chi connectivity index (χ2n) is 10.4. The summed E-state index contributed by atoms with van der Waals surface area (Å²) in [7, 11) is 7.31. The van der Waals surface area contributed by atoms with Crippen LogP contribution in [0.5, 0.6) is 23.0 Å². The highest BCUT2D eigenvalue weighted by molar-refractivity contribution is 6.00. The molecule has 0 N–H and O–H groups in total. The quantitative estimate of drug-likeness (QED) is 0.295. The van der Waals surface area contributed by atoms with E-state index in [9.17, 15) is 4.79 Å². The molecule has 0 fully saturated rings. The molecular formula is C32H30N3O5+. The maximum atomic E-state index is 14.1. The van der Waals surface area contributed by atoms with Crippen LogP contribution in [0.15, 0.2) is 60.9 Å². The average Bonchev–Trinajstić information content (AvgIpc) is 3.61. The molecule has 7 rings (SSSR count). The van der Waals surface area contributed by atoms with Crippen LogP contribution in [-0.2, 0) is 19.4 Å². The third-order valence-corrected chi connectivity index (χ3v) is 8.03. The van der Waals surface area contributed by atoms with Gasteiger partial charge in [-0.25, -0.2) is 0 Å². The number of carbonyl (C=O) groups excluding carboxylic acids is 1. The number of carbonyl (C=O) groups is 1. The summed E-state index contributed by atoms with van der Waals surface area (Å²) in [5, 5.41) is 2.89. The monoisotopic (exact) mass is 536 g/mol. The van der Waals surface area contributed by atoms with Gasteiger partial charge in [0.25, 0.3) is 0 Å². The molecule has 0 bridgehead atoms. The molecule has 0 aliphatic carbocycles. The first-order chi connectivity index (χ1) is 19.5. The molecule has 40 heavy (non-hydrogen) atoms. The van der Waals surface area contributed by atoms with Crippen molar-refractivity contribution in [2.75, 3.05) is 40.0 Å². The highest BCUT2D eigenvalue weighted by Gasteiger charge is 2.33. The Morgan fingerprint density at radius 3 is 2.60 bits per heavy atom. The van der Waals surface area contributed by atoms with Gasteiger partial charge in [0.05, 0.1) is 37.1 Å². The van der Waals surface area contributed by atoms with Gasteiger partial charge in [-0.3, -0.25) is 9.36 Å². The van der Waals surface area contributed by atoms with Crippen molar-refractivity contribution in [3.05, 3.63) is 72.1 Å². The third kappa shape index (κ3) is 3.66. The molecule has 0 atom stereocenters. The lowest BCUT2D eigenvalue weighted by Crippen LogP contribution is -2.41. The van der Waals surface area contributed by atoms with Gasteiger partial charge in [0.2, 0.25) is 18.4 Å². The van der Waals surface area contributed by atoms with E-state index in [-0.39, 0.29) is 19.1 Å². The number of pyridine rings is 1. The molecule has 0 amide bonds. The molecular weight excluding hydrogens is 506 g/mol. The Morgan fingerprint density at radius 1 is 1.00 bits per heavy atom. The van der Waals surface area contributed by atoms with Crippen LogP contribution in [0.3, 0.4) is 0 Å². The summed E-state index contributed by atoms with van der Waals surface area (Å²) in [5.41, 5.74) is 6.17. The Kier molecular flexibility index (Phi) is 5.59. The maximum absolute atomic E-state index is 14.1. The molecule has 8 nitrogen and oxygen atoms in total. The molecule has 3 aromatic carbocycles. The second kappa shape index (κ2) is 9.19. The van der Waals surface area contributed by atoms with Crippen LogP contribution in [0, 0.1) is 0 Å². The second-order valence-corrected chi connectivity index (χ2v) is 10.4. The van der Waals surface area contributed by atoms with E-state index in [4.69, 9.17) is 18.9 Å². The molecule has 0 unspecified atom stereocenters. The number of fused-ring (bicyclic) bond motifs is 6. The zero-order valence-corrected chi connectivity index (χ0v) is 23.0. The summed E-state index contributed by atoms with van der Waals surface area (Å²) in [4.78, 5) is 16.1. The minimum absolute atomic E-state index is 0.00875. The molecule has 2 aromatic heterocycles. The van der Waals surface area contributed by atoms with Crippen molar-refractivity contribution in [3.63, 3.8) is 0 Å². The number of aryl methyl sites for hydroxylation is 2. The van der Waals surface area contributed by atoms with E-state index < -0.39 is 0 Å².